The second kappa shape index (κ2) is 7.59. The Morgan fingerprint density at radius 3 is 2.69 bits per heavy atom. The maximum absolute atomic E-state index is 10.4. The first-order valence-corrected chi connectivity index (χ1v) is 10.5. The molecular formula is C23H26N4O2. The van der Waals surface area contributed by atoms with Crippen molar-refractivity contribution >= 4 is 0 Å². The molecule has 1 unspecified atom stereocenters. The van der Waals surface area contributed by atoms with Crippen molar-refractivity contribution in [3.05, 3.63) is 65.4 Å². The fourth-order valence-corrected chi connectivity index (χ4v) is 4.61. The van der Waals surface area contributed by atoms with Crippen LogP contribution in [0.5, 0.6) is 5.88 Å². The van der Waals surface area contributed by atoms with Crippen molar-refractivity contribution in [1.29, 1.82) is 0 Å². The predicted octanol–water partition coefficient (Wildman–Crippen LogP) is 3.54. The zero-order valence-corrected chi connectivity index (χ0v) is 16.7. The number of nitrogens with zero attached hydrogens (tertiary/aromatic N) is 4. The number of benzene rings is 1. The normalized spacial score (nSPS) is 23.7. The Kier molecular flexibility index (Phi) is 4.79. The fourth-order valence-electron chi connectivity index (χ4n) is 4.61. The molecule has 0 saturated heterocycles. The highest BCUT2D eigenvalue weighted by molar-refractivity contribution is 5.47. The third-order valence-electron chi connectivity index (χ3n) is 6.08. The van der Waals surface area contributed by atoms with Gasteiger partial charge in [-0.25, -0.2) is 4.98 Å². The number of pyridine rings is 1. The number of aryl methyl sites for hydroxylation is 1. The molecule has 2 aliphatic rings. The fraction of sp³-hybridized carbons (Fsp3) is 0.435. The number of aromatic nitrogens is 4. The molecule has 1 N–H and O–H groups in total. The SMILES string of the molecule is Cc1ccc2c(c1)-n1c(nnc1C1CCC(Oc3ccccn3)CC1)CC(O)C2. The van der Waals surface area contributed by atoms with Gasteiger partial charge in [-0.2, -0.15) is 0 Å². The van der Waals surface area contributed by atoms with E-state index in [-0.39, 0.29) is 6.10 Å². The lowest BCUT2D eigenvalue weighted by molar-refractivity contribution is 0.139. The minimum absolute atomic E-state index is 0.198. The van der Waals surface area contributed by atoms with Gasteiger partial charge >= 0.3 is 0 Å². The average molecular weight is 390 g/mol. The van der Waals surface area contributed by atoms with Crippen molar-refractivity contribution < 1.29 is 9.84 Å². The van der Waals surface area contributed by atoms with Gasteiger partial charge in [0, 0.05) is 31.0 Å². The van der Waals surface area contributed by atoms with E-state index in [1.165, 1.54) is 5.56 Å². The minimum atomic E-state index is -0.419. The van der Waals surface area contributed by atoms with Gasteiger partial charge in [0.1, 0.15) is 17.8 Å². The lowest BCUT2D eigenvalue weighted by Gasteiger charge is -2.28. The van der Waals surface area contributed by atoms with E-state index in [4.69, 9.17) is 4.74 Å². The first-order valence-electron chi connectivity index (χ1n) is 10.5. The number of aliphatic hydroxyl groups is 1. The molecule has 3 aromatic rings. The lowest BCUT2D eigenvalue weighted by atomic mass is 9.86. The standard InChI is InChI=1S/C23H26N4O2/c1-15-5-6-17-13-18(28)14-21-25-26-23(27(21)20(17)12-15)16-7-9-19(10-8-16)29-22-4-2-3-11-24-22/h2-6,11-12,16,18-19,28H,7-10,13-14H2,1H3. The molecule has 5 rings (SSSR count). The van der Waals surface area contributed by atoms with Crippen LogP contribution in [-0.2, 0) is 12.8 Å². The third kappa shape index (κ3) is 3.65. The van der Waals surface area contributed by atoms with Crippen LogP contribution in [0.2, 0.25) is 0 Å². The Hall–Kier alpha value is -2.73. The molecule has 2 aromatic heterocycles. The summed E-state index contributed by atoms with van der Waals surface area (Å²) in [5.41, 5.74) is 3.50. The van der Waals surface area contributed by atoms with Gasteiger partial charge in [-0.3, -0.25) is 4.57 Å². The van der Waals surface area contributed by atoms with Gasteiger partial charge in [-0.1, -0.05) is 18.2 Å². The zero-order valence-electron chi connectivity index (χ0n) is 16.7. The van der Waals surface area contributed by atoms with E-state index in [9.17, 15) is 5.11 Å². The largest absolute Gasteiger partial charge is 0.474 e. The Morgan fingerprint density at radius 1 is 1.03 bits per heavy atom. The van der Waals surface area contributed by atoms with E-state index in [1.807, 2.05) is 18.2 Å². The number of aliphatic hydroxyl groups excluding tert-OH is 1. The summed E-state index contributed by atoms with van der Waals surface area (Å²) in [6, 6.07) is 12.2. The Balaban J connectivity index is 1.39. The highest BCUT2D eigenvalue weighted by Crippen LogP contribution is 2.36. The molecule has 6 nitrogen and oxygen atoms in total. The van der Waals surface area contributed by atoms with E-state index in [1.54, 1.807) is 6.20 Å². The van der Waals surface area contributed by atoms with Gasteiger partial charge in [-0.05, 0) is 55.9 Å². The summed E-state index contributed by atoms with van der Waals surface area (Å²) >= 11 is 0. The van der Waals surface area contributed by atoms with Crippen LogP contribution in [-0.4, -0.2) is 37.1 Å². The first kappa shape index (κ1) is 18.3. The van der Waals surface area contributed by atoms with Gasteiger partial charge in [0.25, 0.3) is 0 Å². The van der Waals surface area contributed by atoms with Crippen molar-refractivity contribution in [2.45, 2.75) is 63.6 Å². The summed E-state index contributed by atoms with van der Waals surface area (Å²) < 4.78 is 8.26. The van der Waals surface area contributed by atoms with E-state index in [0.717, 1.165) is 48.6 Å². The van der Waals surface area contributed by atoms with Gasteiger partial charge in [0.15, 0.2) is 0 Å². The molecular weight excluding hydrogens is 364 g/mol. The van der Waals surface area contributed by atoms with Crippen LogP contribution in [0.25, 0.3) is 5.69 Å². The molecule has 1 saturated carbocycles. The van der Waals surface area contributed by atoms with Crippen LogP contribution in [0, 0.1) is 6.92 Å². The molecule has 150 valence electrons. The topological polar surface area (TPSA) is 73.1 Å². The van der Waals surface area contributed by atoms with E-state index in [0.29, 0.717) is 24.6 Å². The number of rotatable bonds is 3. The molecule has 6 heteroatoms. The Bertz CT molecular complexity index is 993. The summed E-state index contributed by atoms with van der Waals surface area (Å²) in [4.78, 5) is 4.28. The van der Waals surface area contributed by atoms with Crippen molar-refractivity contribution in [2.24, 2.45) is 0 Å². The maximum atomic E-state index is 10.4. The van der Waals surface area contributed by atoms with Crippen LogP contribution in [0.15, 0.2) is 42.6 Å². The Labute approximate surface area is 170 Å². The molecule has 1 aliphatic carbocycles. The van der Waals surface area contributed by atoms with Crippen molar-refractivity contribution in [1.82, 2.24) is 19.7 Å². The summed E-state index contributed by atoms with van der Waals surface area (Å²) in [6.45, 7) is 2.10. The summed E-state index contributed by atoms with van der Waals surface area (Å²) in [6.07, 6.45) is 6.72. The maximum Gasteiger partial charge on any atom is 0.213 e. The molecule has 1 fully saturated rings. The van der Waals surface area contributed by atoms with Crippen LogP contribution < -0.4 is 4.74 Å². The molecule has 1 atom stereocenters. The second-order valence-electron chi connectivity index (χ2n) is 8.26. The quantitative estimate of drug-likeness (QED) is 0.741. The molecule has 1 aromatic carbocycles. The molecule has 0 radical (unpaired) electrons. The van der Waals surface area contributed by atoms with Crippen LogP contribution in [0.3, 0.4) is 0 Å². The highest BCUT2D eigenvalue weighted by Gasteiger charge is 2.31. The molecule has 1 aliphatic heterocycles. The predicted molar refractivity (Wildman–Crippen MR) is 109 cm³/mol. The van der Waals surface area contributed by atoms with Crippen molar-refractivity contribution in [2.75, 3.05) is 0 Å². The summed E-state index contributed by atoms with van der Waals surface area (Å²) in [7, 11) is 0. The van der Waals surface area contributed by atoms with Crippen molar-refractivity contribution in [3.63, 3.8) is 0 Å². The average Bonchev–Trinajstić information content (AvgIpc) is 3.08. The van der Waals surface area contributed by atoms with Crippen molar-refractivity contribution in [3.8, 4) is 11.6 Å². The molecule has 29 heavy (non-hydrogen) atoms. The van der Waals surface area contributed by atoms with E-state index >= 15 is 0 Å². The Morgan fingerprint density at radius 2 is 1.90 bits per heavy atom. The van der Waals surface area contributed by atoms with E-state index in [2.05, 4.69) is 44.9 Å². The van der Waals surface area contributed by atoms with Gasteiger partial charge < -0.3 is 9.84 Å². The number of ether oxygens (including phenoxy) is 1. The van der Waals surface area contributed by atoms with Crippen LogP contribution in [0.4, 0.5) is 0 Å². The highest BCUT2D eigenvalue weighted by atomic mass is 16.5. The first-order chi connectivity index (χ1) is 14.2. The molecule has 0 amide bonds. The monoisotopic (exact) mass is 390 g/mol. The minimum Gasteiger partial charge on any atom is -0.474 e. The smallest absolute Gasteiger partial charge is 0.213 e. The van der Waals surface area contributed by atoms with Crippen LogP contribution in [0.1, 0.15) is 54.4 Å². The zero-order chi connectivity index (χ0) is 19.8. The lowest BCUT2D eigenvalue weighted by Crippen LogP contribution is -2.25. The molecule has 0 bridgehead atoms. The van der Waals surface area contributed by atoms with E-state index < -0.39 is 6.10 Å². The number of fused-ring (bicyclic) bond motifs is 3. The second-order valence-corrected chi connectivity index (χ2v) is 8.26. The van der Waals surface area contributed by atoms with Gasteiger partial charge in [0.05, 0.1) is 11.8 Å². The van der Waals surface area contributed by atoms with Crippen LogP contribution >= 0.6 is 0 Å². The van der Waals surface area contributed by atoms with Gasteiger partial charge in [-0.15, -0.1) is 10.2 Å². The summed E-state index contributed by atoms with van der Waals surface area (Å²) in [5, 5.41) is 19.5. The third-order valence-corrected chi connectivity index (χ3v) is 6.08. The molecule has 3 heterocycles. The van der Waals surface area contributed by atoms with Gasteiger partial charge in [0.2, 0.25) is 5.88 Å². The summed E-state index contributed by atoms with van der Waals surface area (Å²) in [5.74, 6) is 2.94. The number of hydrogen-bond donors (Lipinski definition) is 1. The molecule has 0 spiro atoms. The number of hydrogen-bond acceptors (Lipinski definition) is 5.